The molecular weight excluding hydrogens is 601 g/mol. The number of hydrogen-bond donors (Lipinski definition) is 0. The SMILES string of the molecule is C=C1C[C@H](C[C@@H](C)[C@H]2CC[C@H]3/C(=C/C=C4/C[C@H](O[Si](C)(C)C(C)(C)C)[C@H](C)[C@@H](O[Si](C)(C)C(C)(C)C)C4=C)CCC[C@]23C)OC1=O. The Morgan fingerprint density at radius 1 is 0.978 bits per heavy atom. The van der Waals surface area contributed by atoms with Gasteiger partial charge < -0.3 is 13.6 Å². The number of hydrogen-bond acceptors (Lipinski definition) is 4. The molecule has 3 saturated carbocycles. The average Bonchev–Trinajstić information content (AvgIpc) is 3.43. The van der Waals surface area contributed by atoms with Crippen LogP contribution < -0.4 is 0 Å². The normalized spacial score (nSPS) is 35.5. The summed E-state index contributed by atoms with van der Waals surface area (Å²) in [5.41, 5.74) is 5.02. The lowest BCUT2D eigenvalue weighted by atomic mass is 9.60. The molecule has 0 radical (unpaired) electrons. The molecule has 46 heavy (non-hydrogen) atoms. The van der Waals surface area contributed by atoms with Gasteiger partial charge in [-0.15, -0.1) is 0 Å². The van der Waals surface area contributed by atoms with Crippen LogP contribution in [0.25, 0.3) is 0 Å². The lowest BCUT2D eigenvalue weighted by molar-refractivity contribution is -0.139. The minimum Gasteiger partial charge on any atom is -0.459 e. The van der Waals surface area contributed by atoms with Gasteiger partial charge in [-0.2, -0.15) is 0 Å². The molecular formula is C40H68O4Si2. The van der Waals surface area contributed by atoms with E-state index in [4.69, 9.17) is 20.2 Å². The van der Waals surface area contributed by atoms with Crippen LogP contribution in [-0.4, -0.2) is 40.9 Å². The summed E-state index contributed by atoms with van der Waals surface area (Å²) in [6, 6.07) is 0. The van der Waals surface area contributed by atoms with E-state index in [9.17, 15) is 4.79 Å². The van der Waals surface area contributed by atoms with Crippen LogP contribution in [0.1, 0.15) is 114 Å². The molecule has 260 valence electrons. The van der Waals surface area contributed by atoms with Gasteiger partial charge in [0.1, 0.15) is 6.10 Å². The van der Waals surface area contributed by atoms with Crippen molar-refractivity contribution in [3.05, 3.63) is 47.6 Å². The van der Waals surface area contributed by atoms with Gasteiger partial charge in [-0.1, -0.05) is 93.2 Å². The third-order valence-electron chi connectivity index (χ3n) is 13.6. The number of carbonyl (C=O) groups excluding carboxylic acids is 1. The number of rotatable bonds is 8. The van der Waals surface area contributed by atoms with E-state index in [-0.39, 0.29) is 40.3 Å². The highest BCUT2D eigenvalue weighted by Crippen LogP contribution is 2.60. The zero-order chi connectivity index (χ0) is 34.6. The summed E-state index contributed by atoms with van der Waals surface area (Å²) < 4.78 is 20.0. The number of cyclic esters (lactones) is 1. The fraction of sp³-hybridized carbons (Fsp3) is 0.775. The van der Waals surface area contributed by atoms with E-state index in [1.807, 2.05) is 0 Å². The van der Waals surface area contributed by atoms with Crippen LogP contribution in [0.4, 0.5) is 0 Å². The topological polar surface area (TPSA) is 44.8 Å². The first-order valence-corrected chi connectivity index (χ1v) is 24.1. The van der Waals surface area contributed by atoms with Gasteiger partial charge >= 0.3 is 5.97 Å². The summed E-state index contributed by atoms with van der Waals surface area (Å²) in [6.45, 7) is 39.4. The predicted octanol–water partition coefficient (Wildman–Crippen LogP) is 11.3. The Morgan fingerprint density at radius 3 is 2.15 bits per heavy atom. The first-order chi connectivity index (χ1) is 21.0. The number of esters is 1. The molecule has 4 rings (SSSR count). The Labute approximate surface area is 285 Å². The maximum atomic E-state index is 12.0. The van der Waals surface area contributed by atoms with E-state index in [1.165, 1.54) is 37.7 Å². The molecule has 0 N–H and O–H groups in total. The van der Waals surface area contributed by atoms with Crippen LogP contribution in [0.2, 0.25) is 36.3 Å². The Balaban J connectivity index is 1.60. The molecule has 0 aromatic rings. The minimum absolute atomic E-state index is 0.00339. The van der Waals surface area contributed by atoms with Crippen molar-refractivity contribution in [1.82, 2.24) is 0 Å². The van der Waals surface area contributed by atoms with Crippen LogP contribution in [0.3, 0.4) is 0 Å². The van der Waals surface area contributed by atoms with Crippen molar-refractivity contribution in [2.75, 3.05) is 0 Å². The summed E-state index contributed by atoms with van der Waals surface area (Å²) in [5, 5.41) is 0.279. The van der Waals surface area contributed by atoms with Crippen molar-refractivity contribution >= 4 is 22.6 Å². The lowest BCUT2D eigenvalue weighted by Gasteiger charge is -2.48. The number of ether oxygens (including phenoxy) is 1. The zero-order valence-electron chi connectivity index (χ0n) is 31.9. The van der Waals surface area contributed by atoms with Gasteiger partial charge in [-0.3, -0.25) is 0 Å². The number of allylic oxidation sites excluding steroid dienone is 3. The molecule has 3 aliphatic carbocycles. The van der Waals surface area contributed by atoms with Crippen molar-refractivity contribution in [3.8, 4) is 0 Å². The van der Waals surface area contributed by atoms with Crippen molar-refractivity contribution in [3.63, 3.8) is 0 Å². The average molecular weight is 669 g/mol. The van der Waals surface area contributed by atoms with Gasteiger partial charge in [0.2, 0.25) is 0 Å². The third-order valence-corrected chi connectivity index (χ3v) is 22.6. The monoisotopic (exact) mass is 668 g/mol. The molecule has 0 amide bonds. The van der Waals surface area contributed by atoms with Gasteiger partial charge in [-0.25, -0.2) is 4.79 Å². The van der Waals surface area contributed by atoms with E-state index in [1.54, 1.807) is 5.57 Å². The van der Waals surface area contributed by atoms with E-state index in [2.05, 4.69) is 107 Å². The standard InChI is InChI=1S/C40H68O4Si2/c1-26(23-32-24-27(2)37(41)42-32)33-20-21-34-30(17-16-22-40(33,34)11)18-19-31-25-35(43-45(12,13)38(5,6)7)29(4)36(28(31)3)44-46(14,15)39(8,9)10/h18-19,26,29,32-36H,2-3,16-17,20-25H2,1,4-15H3/b30-18+,31-19-/t26-,29+,32+,33-,34+,35+,36+,40-/m1/s1. The molecule has 6 heteroatoms. The minimum atomic E-state index is -2.03. The zero-order valence-corrected chi connectivity index (χ0v) is 33.9. The highest BCUT2D eigenvalue weighted by atomic mass is 28.4. The van der Waals surface area contributed by atoms with Crippen molar-refractivity contribution < 1.29 is 18.4 Å². The quantitative estimate of drug-likeness (QED) is 0.147. The van der Waals surface area contributed by atoms with Crippen LogP contribution in [-0.2, 0) is 18.4 Å². The number of carbonyl (C=O) groups is 1. The molecule has 0 unspecified atom stereocenters. The molecule has 0 bridgehead atoms. The summed E-state index contributed by atoms with van der Waals surface area (Å²) in [6.07, 6.45) is 13.8. The Hall–Kier alpha value is -1.22. The second kappa shape index (κ2) is 13.2. The van der Waals surface area contributed by atoms with Crippen molar-refractivity contribution in [2.45, 2.75) is 168 Å². The van der Waals surface area contributed by atoms with Crippen LogP contribution in [0.15, 0.2) is 47.6 Å². The lowest BCUT2D eigenvalue weighted by Crippen LogP contribution is -2.53. The molecule has 1 saturated heterocycles. The van der Waals surface area contributed by atoms with Crippen LogP contribution in [0, 0.1) is 29.1 Å². The molecule has 0 aromatic carbocycles. The van der Waals surface area contributed by atoms with Gasteiger partial charge in [0.05, 0.1) is 12.2 Å². The summed E-state index contributed by atoms with van der Waals surface area (Å²) in [5.74, 6) is 1.85. The molecule has 8 atom stereocenters. The number of fused-ring (bicyclic) bond motifs is 1. The molecule has 0 aromatic heterocycles. The maximum absolute atomic E-state index is 12.0. The fourth-order valence-electron chi connectivity index (χ4n) is 8.55. The second-order valence-corrected chi connectivity index (χ2v) is 28.4. The van der Waals surface area contributed by atoms with E-state index in [0.29, 0.717) is 35.2 Å². The summed E-state index contributed by atoms with van der Waals surface area (Å²) >= 11 is 0. The van der Waals surface area contributed by atoms with Crippen LogP contribution >= 0.6 is 0 Å². The Bertz CT molecular complexity index is 1230. The summed E-state index contributed by atoms with van der Waals surface area (Å²) in [7, 11) is -4.02. The fourth-order valence-corrected chi connectivity index (χ4v) is 11.3. The van der Waals surface area contributed by atoms with Gasteiger partial charge in [0.15, 0.2) is 16.6 Å². The molecule has 4 fully saturated rings. The molecule has 1 heterocycles. The first-order valence-electron chi connectivity index (χ1n) is 18.3. The molecule has 1 aliphatic heterocycles. The van der Waals surface area contributed by atoms with Gasteiger partial charge in [-0.05, 0) is 116 Å². The molecule has 4 nitrogen and oxygen atoms in total. The Kier molecular flexibility index (Phi) is 10.8. The largest absolute Gasteiger partial charge is 0.459 e. The van der Waals surface area contributed by atoms with E-state index >= 15 is 0 Å². The third kappa shape index (κ3) is 7.50. The second-order valence-electron chi connectivity index (χ2n) is 18.9. The van der Waals surface area contributed by atoms with Crippen molar-refractivity contribution in [1.29, 1.82) is 0 Å². The van der Waals surface area contributed by atoms with Crippen LogP contribution in [0.5, 0.6) is 0 Å². The van der Waals surface area contributed by atoms with Gasteiger partial charge in [0, 0.05) is 17.9 Å². The Morgan fingerprint density at radius 2 is 1.59 bits per heavy atom. The smallest absolute Gasteiger partial charge is 0.333 e. The highest BCUT2D eigenvalue weighted by molar-refractivity contribution is 6.74. The maximum Gasteiger partial charge on any atom is 0.333 e. The van der Waals surface area contributed by atoms with Gasteiger partial charge in [0.25, 0.3) is 0 Å². The van der Waals surface area contributed by atoms with Crippen molar-refractivity contribution in [2.24, 2.45) is 29.1 Å². The van der Waals surface area contributed by atoms with E-state index < -0.39 is 16.6 Å². The molecule has 4 aliphatic rings. The first kappa shape index (κ1) is 37.6. The predicted molar refractivity (Wildman–Crippen MR) is 199 cm³/mol. The van der Waals surface area contributed by atoms with E-state index in [0.717, 1.165) is 18.4 Å². The highest BCUT2D eigenvalue weighted by Gasteiger charge is 2.52. The molecule has 0 spiro atoms. The summed E-state index contributed by atoms with van der Waals surface area (Å²) in [4.78, 5) is 12.0.